The number of hydrogen-bond acceptors (Lipinski definition) is 6. The van der Waals surface area contributed by atoms with Gasteiger partial charge in [-0.3, -0.25) is 4.79 Å². The van der Waals surface area contributed by atoms with Crippen LogP contribution in [0.3, 0.4) is 0 Å². The van der Waals surface area contributed by atoms with E-state index in [1.807, 2.05) is 24.5 Å². The number of carbonyl (C=O) groups is 3. The highest BCUT2D eigenvalue weighted by Gasteiger charge is 2.34. The summed E-state index contributed by atoms with van der Waals surface area (Å²) in [5, 5.41) is 5.28. The fourth-order valence-corrected chi connectivity index (χ4v) is 2.86. The summed E-state index contributed by atoms with van der Waals surface area (Å²) in [6.07, 6.45) is 2.16. The van der Waals surface area contributed by atoms with Crippen LogP contribution in [0.1, 0.15) is 24.9 Å². The molecule has 26 heavy (non-hydrogen) atoms. The van der Waals surface area contributed by atoms with Crippen molar-refractivity contribution in [2.24, 2.45) is 0 Å². The molecular formula is C18H22N2O5S. The van der Waals surface area contributed by atoms with Crippen LogP contribution in [-0.2, 0) is 19.1 Å². The lowest BCUT2D eigenvalue weighted by Crippen LogP contribution is -2.47. The number of urea groups is 1. The van der Waals surface area contributed by atoms with Crippen LogP contribution in [0.4, 0.5) is 4.79 Å². The number of benzene rings is 1. The summed E-state index contributed by atoms with van der Waals surface area (Å²) >= 11 is 1.53. The van der Waals surface area contributed by atoms with Crippen LogP contribution in [0, 0.1) is 0 Å². The normalized spacial score (nSPS) is 16.5. The molecule has 2 N–H and O–H groups in total. The minimum absolute atomic E-state index is 0.193. The van der Waals surface area contributed by atoms with E-state index in [2.05, 4.69) is 10.6 Å². The second-order valence-electron chi connectivity index (χ2n) is 5.46. The van der Waals surface area contributed by atoms with Crippen molar-refractivity contribution in [3.63, 3.8) is 0 Å². The van der Waals surface area contributed by atoms with Crippen LogP contribution in [-0.4, -0.2) is 43.2 Å². The van der Waals surface area contributed by atoms with Gasteiger partial charge in [-0.05, 0) is 18.7 Å². The quantitative estimate of drug-likeness (QED) is 0.673. The molecule has 1 aromatic rings. The highest BCUT2D eigenvalue weighted by molar-refractivity contribution is 7.98. The lowest BCUT2D eigenvalue weighted by Gasteiger charge is -2.29. The topological polar surface area (TPSA) is 93.7 Å². The number of rotatable bonds is 8. The van der Waals surface area contributed by atoms with Gasteiger partial charge in [0.15, 0.2) is 0 Å². The van der Waals surface area contributed by atoms with Gasteiger partial charge in [-0.25, -0.2) is 9.59 Å². The molecule has 1 aliphatic heterocycles. The predicted molar refractivity (Wildman–Crippen MR) is 98.5 cm³/mol. The predicted octanol–water partition coefficient (Wildman–Crippen LogP) is 2.15. The van der Waals surface area contributed by atoms with Crippen molar-refractivity contribution < 1.29 is 23.9 Å². The van der Waals surface area contributed by atoms with Crippen LogP contribution in [0.2, 0.25) is 0 Å². The summed E-state index contributed by atoms with van der Waals surface area (Å²) in [5.74, 6) is -0.313. The van der Waals surface area contributed by atoms with E-state index in [9.17, 15) is 14.4 Å². The molecule has 0 bridgehead atoms. The van der Waals surface area contributed by atoms with Gasteiger partial charge in [-0.1, -0.05) is 30.3 Å². The highest BCUT2D eigenvalue weighted by atomic mass is 32.2. The highest BCUT2D eigenvalue weighted by Crippen LogP contribution is 2.27. The molecule has 7 nitrogen and oxygen atoms in total. The Balaban J connectivity index is 2.30. The molecule has 8 heteroatoms. The molecule has 0 spiro atoms. The SMILES string of the molecule is CCOC(=O)C1=C(COC(=O)CCSC)NC(=O)NC1c1ccccc1. The minimum Gasteiger partial charge on any atom is -0.463 e. The van der Waals surface area contributed by atoms with Gasteiger partial charge >= 0.3 is 18.0 Å². The fraction of sp³-hybridized carbons (Fsp3) is 0.389. The van der Waals surface area contributed by atoms with Crippen molar-refractivity contribution in [2.45, 2.75) is 19.4 Å². The second kappa shape index (κ2) is 9.86. The number of amides is 2. The standard InChI is InChI=1S/C18H22N2O5S/c1-3-24-17(22)15-13(11-25-14(21)9-10-26-2)19-18(23)20-16(15)12-7-5-4-6-8-12/h4-8,16H,3,9-11H2,1-2H3,(H2,19,20,23). The van der Waals surface area contributed by atoms with Crippen molar-refractivity contribution in [3.05, 3.63) is 47.2 Å². The molecule has 0 saturated heterocycles. The number of hydrogen-bond donors (Lipinski definition) is 2. The zero-order valence-corrected chi connectivity index (χ0v) is 15.6. The molecule has 2 rings (SSSR count). The lowest BCUT2D eigenvalue weighted by atomic mass is 9.95. The van der Waals surface area contributed by atoms with E-state index in [1.165, 1.54) is 11.8 Å². The maximum absolute atomic E-state index is 12.5. The van der Waals surface area contributed by atoms with Crippen LogP contribution >= 0.6 is 11.8 Å². The van der Waals surface area contributed by atoms with Crippen LogP contribution in [0.5, 0.6) is 0 Å². The Kier molecular flexibility index (Phi) is 7.53. The van der Waals surface area contributed by atoms with E-state index in [1.54, 1.807) is 19.1 Å². The van der Waals surface area contributed by atoms with Crippen LogP contribution in [0.15, 0.2) is 41.6 Å². The van der Waals surface area contributed by atoms with E-state index < -0.39 is 18.0 Å². The molecule has 0 aliphatic carbocycles. The average Bonchev–Trinajstić information content (AvgIpc) is 2.65. The number of thioether (sulfide) groups is 1. The summed E-state index contributed by atoms with van der Waals surface area (Å²) in [5.41, 5.74) is 1.20. The molecule has 2 amide bonds. The van der Waals surface area contributed by atoms with Gasteiger partial charge in [0.25, 0.3) is 0 Å². The van der Waals surface area contributed by atoms with Gasteiger partial charge in [-0.15, -0.1) is 0 Å². The van der Waals surface area contributed by atoms with Gasteiger partial charge in [0, 0.05) is 5.75 Å². The number of esters is 2. The molecule has 1 aromatic carbocycles. The first-order valence-electron chi connectivity index (χ1n) is 8.24. The van der Waals surface area contributed by atoms with E-state index >= 15 is 0 Å². The summed E-state index contributed by atoms with van der Waals surface area (Å²) in [7, 11) is 0. The van der Waals surface area contributed by atoms with Crippen molar-refractivity contribution in [1.29, 1.82) is 0 Å². The Morgan fingerprint density at radius 2 is 1.92 bits per heavy atom. The largest absolute Gasteiger partial charge is 0.463 e. The molecule has 0 saturated carbocycles. The van der Waals surface area contributed by atoms with E-state index in [4.69, 9.17) is 9.47 Å². The van der Waals surface area contributed by atoms with Crippen molar-refractivity contribution in [2.75, 3.05) is 25.2 Å². The fourth-order valence-electron chi connectivity index (χ4n) is 2.49. The molecule has 1 unspecified atom stereocenters. The Bertz CT molecular complexity index is 690. The molecule has 0 fully saturated rings. The van der Waals surface area contributed by atoms with E-state index in [0.29, 0.717) is 5.75 Å². The van der Waals surface area contributed by atoms with Crippen molar-refractivity contribution in [1.82, 2.24) is 10.6 Å². The number of ether oxygens (including phenoxy) is 2. The Morgan fingerprint density at radius 3 is 2.58 bits per heavy atom. The zero-order valence-electron chi connectivity index (χ0n) is 14.7. The molecule has 1 aliphatic rings. The average molecular weight is 378 g/mol. The minimum atomic E-state index is -0.677. The van der Waals surface area contributed by atoms with Gasteiger partial charge in [0.1, 0.15) is 6.61 Å². The molecule has 0 radical (unpaired) electrons. The second-order valence-corrected chi connectivity index (χ2v) is 6.44. The third kappa shape index (κ3) is 5.26. The third-order valence-corrected chi connectivity index (χ3v) is 4.28. The van der Waals surface area contributed by atoms with Gasteiger partial charge in [0.05, 0.1) is 30.3 Å². The smallest absolute Gasteiger partial charge is 0.338 e. The zero-order chi connectivity index (χ0) is 18.9. The van der Waals surface area contributed by atoms with Gasteiger partial charge in [0.2, 0.25) is 0 Å². The first kappa shape index (κ1) is 19.8. The third-order valence-electron chi connectivity index (χ3n) is 3.67. The Labute approximate surface area is 156 Å². The Hall–Kier alpha value is -2.48. The van der Waals surface area contributed by atoms with Crippen molar-refractivity contribution in [3.8, 4) is 0 Å². The van der Waals surface area contributed by atoms with Crippen LogP contribution in [0.25, 0.3) is 0 Å². The summed E-state index contributed by atoms with van der Waals surface area (Å²) in [6.45, 7) is 1.70. The molecule has 140 valence electrons. The first-order chi connectivity index (χ1) is 12.6. The number of nitrogens with one attached hydrogen (secondary N) is 2. The Morgan fingerprint density at radius 1 is 1.19 bits per heavy atom. The summed E-state index contributed by atoms with van der Waals surface area (Å²) in [6, 6.07) is 7.93. The molecular weight excluding hydrogens is 356 g/mol. The number of carbonyl (C=O) groups excluding carboxylic acids is 3. The van der Waals surface area contributed by atoms with E-state index in [0.717, 1.165) is 5.56 Å². The summed E-state index contributed by atoms with van der Waals surface area (Å²) < 4.78 is 10.4. The maximum atomic E-state index is 12.5. The maximum Gasteiger partial charge on any atom is 0.338 e. The summed E-state index contributed by atoms with van der Waals surface area (Å²) in [4.78, 5) is 36.3. The molecule has 0 aromatic heterocycles. The lowest BCUT2D eigenvalue weighted by molar-refractivity contribution is -0.143. The van der Waals surface area contributed by atoms with E-state index in [-0.39, 0.29) is 36.9 Å². The van der Waals surface area contributed by atoms with Crippen LogP contribution < -0.4 is 10.6 Å². The van der Waals surface area contributed by atoms with Crippen molar-refractivity contribution >= 4 is 29.7 Å². The molecule has 1 atom stereocenters. The monoisotopic (exact) mass is 378 g/mol. The first-order valence-corrected chi connectivity index (χ1v) is 9.63. The van der Waals surface area contributed by atoms with Gasteiger partial charge in [-0.2, -0.15) is 11.8 Å². The molecule has 1 heterocycles. The van der Waals surface area contributed by atoms with Gasteiger partial charge < -0.3 is 20.1 Å².